The van der Waals surface area contributed by atoms with Crippen molar-refractivity contribution >= 4 is 5.69 Å². The second-order valence-electron chi connectivity index (χ2n) is 4.71. The van der Waals surface area contributed by atoms with Gasteiger partial charge in [0.2, 0.25) is 0 Å². The highest BCUT2D eigenvalue weighted by atomic mass is 19.1. The summed E-state index contributed by atoms with van der Waals surface area (Å²) >= 11 is 0. The number of nitrogens with one attached hydrogen (secondary N) is 1. The van der Waals surface area contributed by atoms with Crippen molar-refractivity contribution in [2.75, 3.05) is 19.0 Å². The van der Waals surface area contributed by atoms with E-state index in [2.05, 4.69) is 11.4 Å². The van der Waals surface area contributed by atoms with E-state index in [1.54, 1.807) is 19.2 Å². The van der Waals surface area contributed by atoms with Gasteiger partial charge < -0.3 is 10.1 Å². The fraction of sp³-hybridized carbons (Fsp3) is 0.250. The highest BCUT2D eigenvalue weighted by Gasteiger charge is 2.16. The molecule has 2 aromatic carbocycles. The van der Waals surface area contributed by atoms with Crippen molar-refractivity contribution in [3.05, 3.63) is 47.8 Å². The number of fused-ring (bicyclic) bond motifs is 1. The molecule has 0 saturated carbocycles. The van der Waals surface area contributed by atoms with Crippen LogP contribution in [0.5, 0.6) is 5.75 Å². The third kappa shape index (κ3) is 2.16. The smallest absolute Gasteiger partial charge is 0.134 e. The first-order valence-electron chi connectivity index (χ1n) is 6.49. The van der Waals surface area contributed by atoms with Gasteiger partial charge in [0.15, 0.2) is 0 Å². The van der Waals surface area contributed by atoms with Gasteiger partial charge in [0.05, 0.1) is 7.11 Å². The molecular formula is C16H16FNO. The molecule has 0 atom stereocenters. The molecule has 0 aliphatic carbocycles. The summed E-state index contributed by atoms with van der Waals surface area (Å²) in [5.41, 5.74) is 3.95. The van der Waals surface area contributed by atoms with Crippen LogP contribution in [0.4, 0.5) is 10.1 Å². The minimum absolute atomic E-state index is 0.238. The Morgan fingerprint density at radius 1 is 1.16 bits per heavy atom. The van der Waals surface area contributed by atoms with Gasteiger partial charge in [-0.3, -0.25) is 0 Å². The average molecular weight is 257 g/mol. The number of hydrogen-bond donors (Lipinski definition) is 1. The normalized spacial score (nSPS) is 13.6. The van der Waals surface area contributed by atoms with Gasteiger partial charge in [-0.2, -0.15) is 0 Å². The zero-order valence-corrected chi connectivity index (χ0v) is 10.9. The molecule has 0 saturated heterocycles. The molecular weight excluding hydrogens is 241 g/mol. The molecule has 2 aromatic rings. The van der Waals surface area contributed by atoms with E-state index in [1.807, 2.05) is 12.1 Å². The summed E-state index contributed by atoms with van der Waals surface area (Å²) in [5.74, 6) is 0.308. The van der Waals surface area contributed by atoms with Gasteiger partial charge in [0, 0.05) is 23.9 Å². The van der Waals surface area contributed by atoms with Crippen LogP contribution in [-0.2, 0) is 6.42 Å². The highest BCUT2D eigenvalue weighted by molar-refractivity contribution is 5.75. The van der Waals surface area contributed by atoms with Crippen molar-refractivity contribution < 1.29 is 9.13 Å². The maximum Gasteiger partial charge on any atom is 0.134 e. The van der Waals surface area contributed by atoms with Crippen LogP contribution in [0, 0.1) is 5.82 Å². The van der Waals surface area contributed by atoms with Gasteiger partial charge >= 0.3 is 0 Å². The summed E-state index contributed by atoms with van der Waals surface area (Å²) < 4.78 is 19.2. The Bertz CT molecular complexity index is 610. The predicted octanol–water partition coefficient (Wildman–Crippen LogP) is 3.86. The molecule has 1 aliphatic rings. The standard InChI is InChI=1S/C16H16FNO/c1-19-11-7-8-13(15(17)10-11)12-4-2-6-16-14(12)5-3-9-18-16/h2,4,6-8,10,18H,3,5,9H2,1H3. The first-order valence-corrected chi connectivity index (χ1v) is 6.49. The molecule has 19 heavy (non-hydrogen) atoms. The van der Waals surface area contributed by atoms with E-state index < -0.39 is 0 Å². The minimum Gasteiger partial charge on any atom is -0.497 e. The van der Waals surface area contributed by atoms with Gasteiger partial charge in [-0.1, -0.05) is 12.1 Å². The molecule has 3 heteroatoms. The molecule has 0 radical (unpaired) electrons. The largest absolute Gasteiger partial charge is 0.497 e. The van der Waals surface area contributed by atoms with E-state index in [4.69, 9.17) is 4.74 Å². The lowest BCUT2D eigenvalue weighted by Crippen LogP contribution is -2.12. The molecule has 0 unspecified atom stereocenters. The van der Waals surface area contributed by atoms with Crippen LogP contribution in [0.15, 0.2) is 36.4 Å². The third-order valence-corrected chi connectivity index (χ3v) is 3.56. The number of rotatable bonds is 2. The van der Waals surface area contributed by atoms with E-state index in [1.165, 1.54) is 11.6 Å². The molecule has 0 spiro atoms. The number of methoxy groups -OCH3 is 1. The van der Waals surface area contributed by atoms with E-state index in [9.17, 15) is 4.39 Å². The van der Waals surface area contributed by atoms with Crippen LogP contribution in [0.3, 0.4) is 0 Å². The monoisotopic (exact) mass is 257 g/mol. The predicted molar refractivity (Wildman–Crippen MR) is 75.2 cm³/mol. The molecule has 0 fully saturated rings. The van der Waals surface area contributed by atoms with E-state index >= 15 is 0 Å². The number of halogens is 1. The molecule has 98 valence electrons. The van der Waals surface area contributed by atoms with Crippen LogP contribution in [0.1, 0.15) is 12.0 Å². The number of ether oxygens (including phenoxy) is 1. The van der Waals surface area contributed by atoms with Crippen LogP contribution >= 0.6 is 0 Å². The summed E-state index contributed by atoms with van der Waals surface area (Å²) in [5, 5.41) is 3.37. The van der Waals surface area contributed by atoms with Crippen molar-refractivity contribution in [1.82, 2.24) is 0 Å². The van der Waals surface area contributed by atoms with E-state index in [0.29, 0.717) is 11.3 Å². The summed E-state index contributed by atoms with van der Waals surface area (Å²) in [7, 11) is 1.54. The van der Waals surface area contributed by atoms with Crippen molar-refractivity contribution in [2.45, 2.75) is 12.8 Å². The molecule has 1 aliphatic heterocycles. The molecule has 1 N–H and O–H groups in total. The van der Waals surface area contributed by atoms with Gasteiger partial charge in [-0.05, 0) is 42.2 Å². The molecule has 0 aromatic heterocycles. The lowest BCUT2D eigenvalue weighted by Gasteiger charge is -2.21. The van der Waals surface area contributed by atoms with Crippen molar-refractivity contribution in [2.24, 2.45) is 0 Å². The Hall–Kier alpha value is -2.03. The molecule has 2 nitrogen and oxygen atoms in total. The molecule has 1 heterocycles. The zero-order valence-electron chi connectivity index (χ0n) is 10.9. The van der Waals surface area contributed by atoms with Crippen LogP contribution in [0.2, 0.25) is 0 Å². The summed E-state index contributed by atoms with van der Waals surface area (Å²) in [6.45, 7) is 0.988. The third-order valence-electron chi connectivity index (χ3n) is 3.56. The Kier molecular flexibility index (Phi) is 3.11. The average Bonchev–Trinajstić information content (AvgIpc) is 2.46. The molecule has 0 bridgehead atoms. The van der Waals surface area contributed by atoms with Crippen molar-refractivity contribution in [1.29, 1.82) is 0 Å². The Balaban J connectivity index is 2.12. The molecule has 3 rings (SSSR count). The first kappa shape index (κ1) is 12.0. The fourth-order valence-corrected chi connectivity index (χ4v) is 2.60. The van der Waals surface area contributed by atoms with Crippen molar-refractivity contribution in [3.8, 4) is 16.9 Å². The zero-order chi connectivity index (χ0) is 13.2. The van der Waals surface area contributed by atoms with Crippen LogP contribution in [0.25, 0.3) is 11.1 Å². The van der Waals surface area contributed by atoms with E-state index in [-0.39, 0.29) is 5.82 Å². The second-order valence-corrected chi connectivity index (χ2v) is 4.71. The Morgan fingerprint density at radius 3 is 2.84 bits per heavy atom. The topological polar surface area (TPSA) is 21.3 Å². The van der Waals surface area contributed by atoms with Gasteiger partial charge in [-0.15, -0.1) is 0 Å². The van der Waals surface area contributed by atoms with Crippen LogP contribution in [-0.4, -0.2) is 13.7 Å². The Morgan fingerprint density at radius 2 is 2.05 bits per heavy atom. The SMILES string of the molecule is COc1ccc(-c2cccc3c2CCCN3)c(F)c1. The quantitative estimate of drug-likeness (QED) is 0.882. The second kappa shape index (κ2) is 4.92. The van der Waals surface area contributed by atoms with Gasteiger partial charge in [0.1, 0.15) is 11.6 Å². The first-order chi connectivity index (χ1) is 9.29. The van der Waals surface area contributed by atoms with Crippen LogP contribution < -0.4 is 10.1 Å². The summed E-state index contributed by atoms with van der Waals surface area (Å²) in [4.78, 5) is 0. The summed E-state index contributed by atoms with van der Waals surface area (Å²) in [6, 6.07) is 11.0. The molecule has 0 amide bonds. The number of benzene rings is 2. The maximum absolute atomic E-state index is 14.2. The summed E-state index contributed by atoms with van der Waals surface area (Å²) in [6.07, 6.45) is 2.08. The highest BCUT2D eigenvalue weighted by Crippen LogP contribution is 2.34. The van der Waals surface area contributed by atoms with E-state index in [0.717, 1.165) is 30.6 Å². The van der Waals surface area contributed by atoms with Crippen molar-refractivity contribution in [3.63, 3.8) is 0 Å². The maximum atomic E-state index is 14.2. The number of anilines is 1. The van der Waals surface area contributed by atoms with Gasteiger partial charge in [0.25, 0.3) is 0 Å². The minimum atomic E-state index is -0.238. The Labute approximate surface area is 112 Å². The lowest BCUT2D eigenvalue weighted by molar-refractivity contribution is 0.411. The lowest BCUT2D eigenvalue weighted by atomic mass is 9.93. The van der Waals surface area contributed by atoms with Gasteiger partial charge in [-0.25, -0.2) is 4.39 Å². The fourth-order valence-electron chi connectivity index (χ4n) is 2.60. The number of hydrogen-bond acceptors (Lipinski definition) is 2.